The lowest BCUT2D eigenvalue weighted by Crippen LogP contribution is -2.25. The molecule has 0 aliphatic heterocycles. The molecule has 1 aliphatic rings. The normalized spacial score (nSPS) is 13.5. The lowest BCUT2D eigenvalue weighted by Gasteiger charge is -2.33. The number of nitrogens with zero attached hydrogens (tertiary/aromatic N) is 2. The quantitative estimate of drug-likeness (QED) is 0.257. The third kappa shape index (κ3) is 3.83. The summed E-state index contributed by atoms with van der Waals surface area (Å²) in [5.41, 5.74) is 9.34. The molecule has 0 atom stereocenters. The average Bonchev–Trinajstić information content (AvgIpc) is 3.49. The predicted molar refractivity (Wildman–Crippen MR) is 141 cm³/mol. The molecule has 34 heavy (non-hydrogen) atoms. The van der Waals surface area contributed by atoms with Gasteiger partial charge >= 0.3 is 0 Å². The molecule has 0 fully saturated rings. The molecule has 1 aromatic heterocycles. The molecule has 0 radical (unpaired) electrons. The van der Waals surface area contributed by atoms with Gasteiger partial charge in [0.15, 0.2) is 0 Å². The van der Waals surface area contributed by atoms with Gasteiger partial charge in [0.1, 0.15) is 5.75 Å². The second-order valence-corrected chi connectivity index (χ2v) is 9.47. The van der Waals surface area contributed by atoms with Crippen LogP contribution in [0.1, 0.15) is 63.5 Å². The smallest absolute Gasteiger partial charge is 0.121 e. The van der Waals surface area contributed by atoms with Crippen LogP contribution in [0.15, 0.2) is 79.1 Å². The van der Waals surface area contributed by atoms with Crippen LogP contribution in [0, 0.1) is 0 Å². The van der Waals surface area contributed by atoms with Crippen LogP contribution in [-0.4, -0.2) is 16.9 Å². The summed E-state index contributed by atoms with van der Waals surface area (Å²) in [6.45, 7) is 4.61. The van der Waals surface area contributed by atoms with Crippen molar-refractivity contribution in [3.8, 4) is 33.7 Å². The molecule has 0 spiro atoms. The number of hydrogen-bond donors (Lipinski definition) is 0. The molecule has 3 aromatic carbocycles. The fraction of sp³-hybridized carbons (Fsp3) is 0.323. The van der Waals surface area contributed by atoms with E-state index in [0.717, 1.165) is 17.0 Å². The minimum absolute atomic E-state index is 0.108. The molecule has 1 aliphatic carbocycles. The van der Waals surface area contributed by atoms with Gasteiger partial charge in [-0.15, -0.1) is 0 Å². The van der Waals surface area contributed by atoms with E-state index >= 15 is 0 Å². The van der Waals surface area contributed by atoms with E-state index in [-0.39, 0.29) is 5.41 Å². The molecule has 174 valence electrons. The number of fused-ring (bicyclic) bond motifs is 3. The molecule has 0 saturated carbocycles. The van der Waals surface area contributed by atoms with Gasteiger partial charge in [-0.25, -0.2) is 4.68 Å². The minimum Gasteiger partial charge on any atom is -0.497 e. The summed E-state index contributed by atoms with van der Waals surface area (Å²) in [4.78, 5) is 0. The highest BCUT2D eigenvalue weighted by Crippen LogP contribution is 2.54. The van der Waals surface area contributed by atoms with Crippen molar-refractivity contribution in [2.45, 2.75) is 57.8 Å². The third-order valence-corrected chi connectivity index (χ3v) is 7.42. The van der Waals surface area contributed by atoms with E-state index in [0.29, 0.717) is 0 Å². The summed E-state index contributed by atoms with van der Waals surface area (Å²) < 4.78 is 7.33. The minimum atomic E-state index is 0.108. The molecule has 0 unspecified atom stereocenters. The lowest BCUT2D eigenvalue weighted by molar-refractivity contribution is 0.414. The highest BCUT2D eigenvalue weighted by molar-refractivity contribution is 5.83. The molecule has 0 saturated heterocycles. The van der Waals surface area contributed by atoms with Gasteiger partial charge in [-0.05, 0) is 58.9 Å². The number of unbranched alkanes of at least 4 members (excludes halogenated alkanes) is 2. The van der Waals surface area contributed by atoms with Crippen molar-refractivity contribution < 1.29 is 4.74 Å². The predicted octanol–water partition coefficient (Wildman–Crippen LogP) is 8.19. The van der Waals surface area contributed by atoms with E-state index < -0.39 is 0 Å². The van der Waals surface area contributed by atoms with Crippen molar-refractivity contribution in [1.29, 1.82) is 0 Å². The molecule has 4 aromatic rings. The summed E-state index contributed by atoms with van der Waals surface area (Å²) >= 11 is 0. The van der Waals surface area contributed by atoms with Crippen LogP contribution < -0.4 is 4.74 Å². The molecule has 5 rings (SSSR count). The number of hydrogen-bond acceptors (Lipinski definition) is 2. The zero-order valence-corrected chi connectivity index (χ0v) is 20.6. The Kier molecular flexibility index (Phi) is 6.28. The Hall–Kier alpha value is -3.33. The zero-order chi connectivity index (χ0) is 23.5. The number of aromatic nitrogens is 2. The maximum Gasteiger partial charge on any atom is 0.121 e. The average molecular weight is 451 g/mol. The summed E-state index contributed by atoms with van der Waals surface area (Å²) in [7, 11) is 1.69. The monoisotopic (exact) mass is 450 g/mol. The van der Waals surface area contributed by atoms with Crippen molar-refractivity contribution in [2.24, 2.45) is 0 Å². The fourth-order valence-corrected chi connectivity index (χ4v) is 5.62. The van der Waals surface area contributed by atoms with Crippen LogP contribution in [0.25, 0.3) is 27.9 Å². The number of methoxy groups -OCH3 is 1. The Morgan fingerprint density at radius 3 is 2.32 bits per heavy atom. The zero-order valence-electron chi connectivity index (χ0n) is 20.6. The largest absolute Gasteiger partial charge is 0.497 e. The maximum absolute atomic E-state index is 5.40. The first kappa shape index (κ1) is 22.5. The van der Waals surface area contributed by atoms with Crippen LogP contribution in [0.3, 0.4) is 0 Å². The van der Waals surface area contributed by atoms with E-state index in [9.17, 15) is 0 Å². The van der Waals surface area contributed by atoms with E-state index in [4.69, 9.17) is 4.74 Å². The topological polar surface area (TPSA) is 27.1 Å². The first-order valence-corrected chi connectivity index (χ1v) is 12.6. The lowest BCUT2D eigenvalue weighted by atomic mass is 9.70. The molecule has 0 amide bonds. The van der Waals surface area contributed by atoms with Crippen LogP contribution >= 0.6 is 0 Å². The maximum atomic E-state index is 5.40. The van der Waals surface area contributed by atoms with Crippen LogP contribution in [0.2, 0.25) is 0 Å². The summed E-state index contributed by atoms with van der Waals surface area (Å²) in [5, 5.41) is 4.67. The summed E-state index contributed by atoms with van der Waals surface area (Å²) in [6, 6.07) is 24.2. The third-order valence-electron chi connectivity index (χ3n) is 7.42. The first-order valence-electron chi connectivity index (χ1n) is 12.6. The molecule has 0 bridgehead atoms. The van der Waals surface area contributed by atoms with Gasteiger partial charge in [-0.2, -0.15) is 5.10 Å². The highest BCUT2D eigenvalue weighted by atomic mass is 16.5. The van der Waals surface area contributed by atoms with Crippen LogP contribution in [-0.2, 0) is 5.41 Å². The van der Waals surface area contributed by atoms with Crippen molar-refractivity contribution in [1.82, 2.24) is 9.78 Å². The van der Waals surface area contributed by atoms with Gasteiger partial charge in [0, 0.05) is 23.2 Å². The van der Waals surface area contributed by atoms with Crippen LogP contribution in [0.4, 0.5) is 0 Å². The van der Waals surface area contributed by atoms with Crippen LogP contribution in [0.5, 0.6) is 5.75 Å². The standard InChI is InChI=1S/C31H34N2O/c1-4-6-17-31(18-7-5-2)29-14-9-8-13-27(29)28-16-15-23(19-30(28)31)24-21-32-33(22-24)25-11-10-12-26(20-25)34-3/h8-16,19-22H,4-7,17-18H2,1-3H3. The molecule has 3 heteroatoms. The molecule has 1 heterocycles. The van der Waals surface area contributed by atoms with Gasteiger partial charge < -0.3 is 4.74 Å². The number of rotatable bonds is 9. The van der Waals surface area contributed by atoms with Crippen molar-refractivity contribution in [2.75, 3.05) is 7.11 Å². The molecular weight excluding hydrogens is 416 g/mol. The molecule has 3 nitrogen and oxygen atoms in total. The summed E-state index contributed by atoms with van der Waals surface area (Å²) in [6.07, 6.45) is 11.4. The van der Waals surface area contributed by atoms with Crippen molar-refractivity contribution in [3.05, 3.63) is 90.3 Å². The Balaban J connectivity index is 1.59. The van der Waals surface area contributed by atoms with E-state index in [1.54, 1.807) is 7.11 Å². The molecule has 0 N–H and O–H groups in total. The van der Waals surface area contributed by atoms with E-state index in [1.807, 2.05) is 29.1 Å². The Bertz CT molecular complexity index is 1280. The second-order valence-electron chi connectivity index (χ2n) is 9.47. The SMILES string of the molecule is CCCCC1(CCCC)c2ccccc2-c2ccc(-c3cnn(-c4cccc(OC)c4)c3)cc21. The Morgan fingerprint density at radius 1 is 0.794 bits per heavy atom. The van der Waals surface area contributed by atoms with Crippen molar-refractivity contribution in [3.63, 3.8) is 0 Å². The number of benzene rings is 3. The fourth-order valence-electron chi connectivity index (χ4n) is 5.62. The second kappa shape index (κ2) is 9.50. The van der Waals surface area contributed by atoms with E-state index in [2.05, 4.69) is 73.7 Å². The van der Waals surface area contributed by atoms with Gasteiger partial charge in [0.05, 0.1) is 19.0 Å². The van der Waals surface area contributed by atoms with Crippen molar-refractivity contribution >= 4 is 0 Å². The molecular formula is C31H34N2O. The number of ether oxygens (including phenoxy) is 1. The Labute approximate surface area is 203 Å². The van der Waals surface area contributed by atoms with Gasteiger partial charge in [0.25, 0.3) is 0 Å². The first-order chi connectivity index (χ1) is 16.7. The van der Waals surface area contributed by atoms with Gasteiger partial charge in [-0.3, -0.25) is 0 Å². The highest BCUT2D eigenvalue weighted by Gasteiger charge is 2.42. The van der Waals surface area contributed by atoms with Gasteiger partial charge in [-0.1, -0.05) is 82.0 Å². The van der Waals surface area contributed by atoms with Gasteiger partial charge in [0.2, 0.25) is 0 Å². The Morgan fingerprint density at radius 2 is 1.56 bits per heavy atom. The summed E-state index contributed by atoms with van der Waals surface area (Å²) in [5.74, 6) is 0.835. The van der Waals surface area contributed by atoms with E-state index in [1.165, 1.54) is 66.3 Å².